The van der Waals surface area contributed by atoms with Crippen molar-refractivity contribution in [3.8, 4) is 0 Å². The smallest absolute Gasteiger partial charge is 0.328 e. The van der Waals surface area contributed by atoms with Gasteiger partial charge in [-0.3, -0.25) is 4.79 Å². The standard InChI is InChI=1S/C11H23NO3Si2/c1-15-11(14)8-9(16(2,3)4)10(13)12(8)17(5,6)7/h8-9H,1-7H3. The highest BCUT2D eigenvalue weighted by Crippen LogP contribution is 2.43. The fourth-order valence-corrected chi connectivity index (χ4v) is 6.72. The van der Waals surface area contributed by atoms with Gasteiger partial charge < -0.3 is 9.30 Å². The normalized spacial score (nSPS) is 25.6. The second kappa shape index (κ2) is 4.24. The number of esters is 1. The average Bonchev–Trinajstić information content (AvgIpc) is 2.07. The Labute approximate surface area is 105 Å². The summed E-state index contributed by atoms with van der Waals surface area (Å²) in [5.41, 5.74) is -0.110. The highest BCUT2D eigenvalue weighted by molar-refractivity contribution is 6.85. The van der Waals surface area contributed by atoms with Gasteiger partial charge in [0, 0.05) is 0 Å². The molecule has 1 saturated heterocycles. The van der Waals surface area contributed by atoms with Gasteiger partial charge in [-0.25, -0.2) is 4.79 Å². The molecule has 0 aromatic heterocycles. The highest BCUT2D eigenvalue weighted by atomic mass is 28.3. The Morgan fingerprint density at radius 3 is 1.94 bits per heavy atom. The minimum absolute atomic E-state index is 0.110. The predicted octanol–water partition coefficient (Wildman–Crippen LogP) is 1.91. The van der Waals surface area contributed by atoms with E-state index in [-0.39, 0.29) is 23.5 Å². The second-order valence-corrected chi connectivity index (χ2v) is 16.9. The Kier molecular flexibility index (Phi) is 3.60. The van der Waals surface area contributed by atoms with E-state index in [0.29, 0.717) is 0 Å². The van der Waals surface area contributed by atoms with Crippen molar-refractivity contribution in [2.75, 3.05) is 7.11 Å². The zero-order valence-corrected chi connectivity index (χ0v) is 13.8. The molecule has 0 aromatic rings. The summed E-state index contributed by atoms with van der Waals surface area (Å²) in [6.07, 6.45) is 0. The molecule has 0 aromatic carbocycles. The molecule has 0 saturated carbocycles. The lowest BCUT2D eigenvalue weighted by Crippen LogP contribution is -2.73. The van der Waals surface area contributed by atoms with Crippen LogP contribution in [0, 0.1) is 0 Å². The van der Waals surface area contributed by atoms with Crippen LogP contribution in [0.4, 0.5) is 0 Å². The summed E-state index contributed by atoms with van der Waals surface area (Å²) in [5.74, 6) is -0.0850. The van der Waals surface area contributed by atoms with Crippen LogP contribution >= 0.6 is 0 Å². The van der Waals surface area contributed by atoms with Gasteiger partial charge in [0.1, 0.15) is 6.04 Å². The lowest BCUT2D eigenvalue weighted by Gasteiger charge is -2.55. The van der Waals surface area contributed by atoms with Crippen LogP contribution in [0.5, 0.6) is 0 Å². The Morgan fingerprint density at radius 2 is 1.65 bits per heavy atom. The zero-order valence-electron chi connectivity index (χ0n) is 11.8. The molecule has 4 nitrogen and oxygen atoms in total. The van der Waals surface area contributed by atoms with Gasteiger partial charge >= 0.3 is 5.97 Å². The van der Waals surface area contributed by atoms with Crippen LogP contribution < -0.4 is 0 Å². The quantitative estimate of drug-likeness (QED) is 0.448. The number of hydrogen-bond donors (Lipinski definition) is 0. The molecule has 1 rings (SSSR count). The van der Waals surface area contributed by atoms with Crippen molar-refractivity contribution >= 4 is 28.2 Å². The summed E-state index contributed by atoms with van der Waals surface area (Å²) in [6, 6.07) is -0.328. The van der Waals surface area contributed by atoms with E-state index in [1.165, 1.54) is 7.11 Å². The van der Waals surface area contributed by atoms with E-state index < -0.39 is 16.3 Å². The monoisotopic (exact) mass is 273 g/mol. The minimum Gasteiger partial charge on any atom is -0.467 e. The van der Waals surface area contributed by atoms with E-state index in [9.17, 15) is 9.59 Å². The molecule has 6 heteroatoms. The molecule has 98 valence electrons. The van der Waals surface area contributed by atoms with Crippen LogP contribution in [0.2, 0.25) is 44.8 Å². The van der Waals surface area contributed by atoms with Gasteiger partial charge in [0.2, 0.25) is 5.91 Å². The molecule has 0 spiro atoms. The molecule has 0 N–H and O–H groups in total. The topological polar surface area (TPSA) is 46.6 Å². The molecular formula is C11H23NO3Si2. The fraction of sp³-hybridized carbons (Fsp3) is 0.818. The van der Waals surface area contributed by atoms with Crippen LogP contribution in [0.15, 0.2) is 0 Å². The first-order valence-electron chi connectivity index (χ1n) is 5.93. The van der Waals surface area contributed by atoms with Crippen molar-refractivity contribution in [2.24, 2.45) is 0 Å². The van der Waals surface area contributed by atoms with Crippen LogP contribution in [0.25, 0.3) is 0 Å². The van der Waals surface area contributed by atoms with Crippen molar-refractivity contribution in [2.45, 2.75) is 50.9 Å². The van der Waals surface area contributed by atoms with Gasteiger partial charge in [0.05, 0.1) is 20.7 Å². The number of β-lactam (4-membered cyclic amide) rings is 1. The van der Waals surface area contributed by atoms with E-state index >= 15 is 0 Å². The molecular weight excluding hydrogens is 250 g/mol. The van der Waals surface area contributed by atoms with Crippen molar-refractivity contribution in [3.63, 3.8) is 0 Å². The van der Waals surface area contributed by atoms with Crippen LogP contribution in [-0.4, -0.2) is 45.9 Å². The predicted molar refractivity (Wildman–Crippen MR) is 73.1 cm³/mol. The summed E-state index contributed by atoms with van der Waals surface area (Å²) in [6.45, 7) is 12.6. The number of ether oxygens (including phenoxy) is 1. The van der Waals surface area contributed by atoms with Crippen molar-refractivity contribution < 1.29 is 14.3 Å². The summed E-state index contributed by atoms with van der Waals surface area (Å²) in [5, 5.41) is 0. The van der Waals surface area contributed by atoms with Crippen molar-refractivity contribution in [1.82, 2.24) is 4.57 Å². The fourth-order valence-electron chi connectivity index (χ4n) is 2.44. The summed E-state index contributed by atoms with van der Waals surface area (Å²) < 4.78 is 6.67. The van der Waals surface area contributed by atoms with Crippen LogP contribution in [0.3, 0.4) is 0 Å². The van der Waals surface area contributed by atoms with Gasteiger partial charge in [-0.05, 0) is 0 Å². The van der Waals surface area contributed by atoms with Gasteiger partial charge in [0.15, 0.2) is 8.24 Å². The maximum absolute atomic E-state index is 12.3. The number of carbonyl (C=O) groups excluding carboxylic acids is 2. The number of hydrogen-bond acceptors (Lipinski definition) is 3. The van der Waals surface area contributed by atoms with E-state index in [1.54, 1.807) is 0 Å². The van der Waals surface area contributed by atoms with Gasteiger partial charge in [-0.2, -0.15) is 0 Å². The first kappa shape index (κ1) is 14.4. The van der Waals surface area contributed by atoms with Crippen molar-refractivity contribution in [3.05, 3.63) is 0 Å². The van der Waals surface area contributed by atoms with E-state index in [1.807, 2.05) is 4.57 Å². The molecule has 17 heavy (non-hydrogen) atoms. The number of nitrogens with zero attached hydrogens (tertiary/aromatic N) is 1. The van der Waals surface area contributed by atoms with E-state index in [2.05, 4.69) is 39.3 Å². The first-order chi connectivity index (χ1) is 7.51. The third-order valence-electron chi connectivity index (χ3n) is 3.20. The molecule has 2 unspecified atom stereocenters. The number of methoxy groups -OCH3 is 1. The van der Waals surface area contributed by atoms with E-state index in [0.717, 1.165) is 0 Å². The van der Waals surface area contributed by atoms with Gasteiger partial charge in [-0.1, -0.05) is 39.3 Å². The summed E-state index contributed by atoms with van der Waals surface area (Å²) in [7, 11) is -2.07. The minimum atomic E-state index is -1.79. The molecule has 0 aliphatic carbocycles. The zero-order chi connectivity index (χ0) is 13.6. The number of rotatable bonds is 3. The van der Waals surface area contributed by atoms with Gasteiger partial charge in [0.25, 0.3) is 0 Å². The Balaban J connectivity index is 3.06. The Hall–Kier alpha value is -0.626. The molecule has 2 atom stereocenters. The second-order valence-electron chi connectivity index (χ2n) is 6.69. The Bertz CT molecular complexity index is 320. The largest absolute Gasteiger partial charge is 0.467 e. The molecule has 1 fully saturated rings. The lowest BCUT2D eigenvalue weighted by atomic mass is 10.1. The van der Waals surface area contributed by atoms with Crippen LogP contribution in [-0.2, 0) is 14.3 Å². The maximum atomic E-state index is 12.3. The van der Waals surface area contributed by atoms with Crippen LogP contribution in [0.1, 0.15) is 0 Å². The molecule has 0 radical (unpaired) electrons. The average molecular weight is 273 g/mol. The molecule has 1 aliphatic rings. The highest BCUT2D eigenvalue weighted by Gasteiger charge is 2.60. The number of amides is 1. The summed E-state index contributed by atoms with van der Waals surface area (Å²) in [4.78, 5) is 24.2. The molecule has 0 bridgehead atoms. The van der Waals surface area contributed by atoms with Gasteiger partial charge in [-0.15, -0.1) is 0 Å². The maximum Gasteiger partial charge on any atom is 0.328 e. The lowest BCUT2D eigenvalue weighted by molar-refractivity contribution is -0.158. The van der Waals surface area contributed by atoms with Crippen molar-refractivity contribution in [1.29, 1.82) is 0 Å². The van der Waals surface area contributed by atoms with E-state index in [4.69, 9.17) is 4.74 Å². The third kappa shape index (κ3) is 2.47. The Morgan fingerprint density at radius 1 is 1.18 bits per heavy atom. The molecule has 1 aliphatic heterocycles. The third-order valence-corrected chi connectivity index (χ3v) is 7.57. The SMILES string of the molecule is COC(=O)C1C([Si](C)(C)C)C(=O)N1[Si](C)(C)C. The number of carbonyl (C=O) groups is 2. The first-order valence-corrected chi connectivity index (χ1v) is 12.9. The molecule has 1 amide bonds. The summed E-state index contributed by atoms with van der Waals surface area (Å²) >= 11 is 0. The molecule has 1 heterocycles.